The summed E-state index contributed by atoms with van der Waals surface area (Å²) in [6.45, 7) is 8.65. The molecule has 0 spiro atoms. The number of rotatable bonds is 9. The van der Waals surface area contributed by atoms with Crippen LogP contribution in [-0.4, -0.2) is 35.6 Å². The average molecular weight is 423 g/mol. The van der Waals surface area contributed by atoms with Crippen molar-refractivity contribution in [2.24, 2.45) is 11.8 Å². The Bertz CT molecular complexity index is 913. The Balaban J connectivity index is 1.85. The maximum atomic E-state index is 12.8. The van der Waals surface area contributed by atoms with Crippen molar-refractivity contribution < 1.29 is 9.53 Å². The molecular weight excluding hydrogens is 388 g/mol. The van der Waals surface area contributed by atoms with Gasteiger partial charge in [-0.3, -0.25) is 4.79 Å². The molecule has 0 bridgehead atoms. The molecule has 0 unspecified atom stereocenters. The van der Waals surface area contributed by atoms with E-state index >= 15 is 0 Å². The van der Waals surface area contributed by atoms with E-state index in [4.69, 9.17) is 14.7 Å². The lowest BCUT2D eigenvalue weighted by molar-refractivity contribution is -0.144. The fraction of sp³-hybridized carbons (Fsp3) is 0.600. The Morgan fingerprint density at radius 1 is 1.13 bits per heavy atom. The largest absolute Gasteiger partial charge is 0.464 e. The molecule has 166 valence electrons. The van der Waals surface area contributed by atoms with Crippen LogP contribution in [0.4, 0.5) is 5.82 Å². The third-order valence-electron chi connectivity index (χ3n) is 5.88. The van der Waals surface area contributed by atoms with Gasteiger partial charge >= 0.3 is 5.97 Å². The van der Waals surface area contributed by atoms with Gasteiger partial charge in [0.2, 0.25) is 0 Å². The molecule has 0 radical (unpaired) electrons. The Hall–Kier alpha value is -2.68. The van der Waals surface area contributed by atoms with Gasteiger partial charge in [0.25, 0.3) is 0 Å². The van der Waals surface area contributed by atoms with Crippen molar-refractivity contribution in [2.45, 2.75) is 65.2 Å². The third kappa shape index (κ3) is 5.94. The monoisotopic (exact) mass is 422 g/mol. The molecule has 1 fully saturated rings. The third-order valence-corrected chi connectivity index (χ3v) is 5.88. The van der Waals surface area contributed by atoms with E-state index in [9.17, 15) is 10.1 Å². The van der Waals surface area contributed by atoms with E-state index in [2.05, 4.69) is 31.7 Å². The summed E-state index contributed by atoms with van der Waals surface area (Å²) in [6, 6.07) is 9.74. The van der Waals surface area contributed by atoms with Gasteiger partial charge < -0.3 is 9.64 Å². The van der Waals surface area contributed by atoms with E-state index in [1.54, 1.807) is 0 Å². The van der Waals surface area contributed by atoms with Gasteiger partial charge in [0.05, 0.1) is 23.7 Å². The van der Waals surface area contributed by atoms with Crippen LogP contribution in [0, 0.1) is 23.2 Å². The number of fused-ring (bicyclic) bond motifs is 1. The molecule has 2 aromatic rings. The molecule has 2 heterocycles. The summed E-state index contributed by atoms with van der Waals surface area (Å²) in [5, 5.41) is 9.88. The summed E-state index contributed by atoms with van der Waals surface area (Å²) in [5.74, 6) is 0.0710. The zero-order valence-corrected chi connectivity index (χ0v) is 19.0. The number of benzene rings is 1. The predicted molar refractivity (Wildman–Crippen MR) is 123 cm³/mol. The zero-order chi connectivity index (χ0) is 22.2. The maximum absolute atomic E-state index is 12.8. The second-order valence-electron chi connectivity index (χ2n) is 8.92. The molecule has 31 heavy (non-hydrogen) atoms. The molecule has 1 saturated heterocycles. The van der Waals surface area contributed by atoms with E-state index in [0.29, 0.717) is 35.5 Å². The van der Waals surface area contributed by atoms with E-state index < -0.39 is 11.9 Å². The van der Waals surface area contributed by atoms with Crippen LogP contribution in [0.2, 0.25) is 0 Å². The minimum atomic E-state index is -1.07. The number of unbranched alkanes of at least 4 members (excludes halogenated alkanes) is 4. The summed E-state index contributed by atoms with van der Waals surface area (Å²) in [7, 11) is 0. The van der Waals surface area contributed by atoms with Crippen LogP contribution in [0.25, 0.3) is 11.0 Å². The highest BCUT2D eigenvalue weighted by atomic mass is 16.5. The minimum Gasteiger partial charge on any atom is -0.464 e. The van der Waals surface area contributed by atoms with Gasteiger partial charge in [-0.25, -0.2) is 9.97 Å². The first kappa shape index (κ1) is 23.0. The van der Waals surface area contributed by atoms with Crippen LogP contribution in [-0.2, 0) is 9.53 Å². The van der Waals surface area contributed by atoms with Crippen molar-refractivity contribution in [3.05, 3.63) is 30.0 Å². The molecule has 0 N–H and O–H groups in total. The van der Waals surface area contributed by atoms with Gasteiger partial charge in [0.1, 0.15) is 5.69 Å². The van der Waals surface area contributed by atoms with Crippen molar-refractivity contribution in [1.82, 2.24) is 9.97 Å². The number of piperidine rings is 1. The Morgan fingerprint density at radius 2 is 1.77 bits per heavy atom. The first-order chi connectivity index (χ1) is 15.0. The van der Waals surface area contributed by atoms with Crippen molar-refractivity contribution >= 4 is 22.8 Å². The zero-order valence-electron chi connectivity index (χ0n) is 19.0. The number of para-hydroxylation sites is 2. The normalized spacial score (nSPS) is 19.7. The van der Waals surface area contributed by atoms with E-state index in [0.717, 1.165) is 44.3 Å². The fourth-order valence-electron chi connectivity index (χ4n) is 4.45. The van der Waals surface area contributed by atoms with Crippen molar-refractivity contribution in [1.29, 1.82) is 5.26 Å². The molecular formula is C25H34N4O2. The van der Waals surface area contributed by atoms with Gasteiger partial charge in [-0.15, -0.1) is 0 Å². The molecule has 6 heteroatoms. The minimum absolute atomic E-state index is 0.342. The number of anilines is 1. The smallest absolute Gasteiger partial charge is 0.329 e. The van der Waals surface area contributed by atoms with Crippen molar-refractivity contribution in [3.63, 3.8) is 0 Å². The predicted octanol–water partition coefficient (Wildman–Crippen LogP) is 5.23. The molecule has 1 aliphatic heterocycles. The Kier molecular flexibility index (Phi) is 8.22. The highest BCUT2D eigenvalue weighted by Crippen LogP contribution is 2.32. The van der Waals surface area contributed by atoms with Gasteiger partial charge in [0.15, 0.2) is 11.7 Å². The number of carbonyl (C=O) groups excluding carboxylic acids is 1. The number of nitriles is 1. The number of carbonyl (C=O) groups is 1. The molecule has 1 aromatic carbocycles. The molecule has 1 aliphatic rings. The van der Waals surface area contributed by atoms with E-state index in [-0.39, 0.29) is 0 Å². The molecule has 0 saturated carbocycles. The Morgan fingerprint density at radius 3 is 2.42 bits per heavy atom. The number of hydrogen-bond acceptors (Lipinski definition) is 6. The quantitative estimate of drug-likeness (QED) is 0.406. The van der Waals surface area contributed by atoms with E-state index in [1.165, 1.54) is 12.8 Å². The molecule has 0 aliphatic carbocycles. The number of aromatic nitrogens is 2. The second kappa shape index (κ2) is 11.1. The molecule has 3 atom stereocenters. The first-order valence-corrected chi connectivity index (χ1v) is 11.6. The number of hydrogen-bond donors (Lipinski definition) is 0. The average Bonchev–Trinajstić information content (AvgIpc) is 2.75. The molecule has 3 rings (SSSR count). The second-order valence-corrected chi connectivity index (χ2v) is 8.92. The standard InChI is InChI=1S/C25H34N4O2/c1-4-5-6-7-10-13-31-25(30)20(15-26)23-24(29-16-18(2)14-19(3)17-29)28-22-12-9-8-11-21(22)27-23/h8-9,11-12,18-20H,4-7,10,13-14,16-17H2,1-3H3/t18-,19-,20-/m1/s1. The van der Waals surface area contributed by atoms with Gasteiger partial charge in [0, 0.05) is 13.1 Å². The fourth-order valence-corrected chi connectivity index (χ4v) is 4.45. The molecule has 0 amide bonds. The number of ether oxygens (including phenoxy) is 1. The number of nitrogens with zero attached hydrogens (tertiary/aromatic N) is 4. The highest BCUT2D eigenvalue weighted by molar-refractivity contribution is 5.85. The summed E-state index contributed by atoms with van der Waals surface area (Å²) in [5.41, 5.74) is 1.87. The van der Waals surface area contributed by atoms with E-state index in [1.807, 2.05) is 24.3 Å². The Labute approximate surface area is 185 Å². The topological polar surface area (TPSA) is 79.1 Å². The summed E-state index contributed by atoms with van der Waals surface area (Å²) >= 11 is 0. The van der Waals surface area contributed by atoms with Gasteiger partial charge in [-0.2, -0.15) is 5.26 Å². The summed E-state index contributed by atoms with van der Waals surface area (Å²) in [6.07, 6.45) is 6.52. The van der Waals surface area contributed by atoms with Crippen LogP contribution >= 0.6 is 0 Å². The van der Waals surface area contributed by atoms with Gasteiger partial charge in [-0.1, -0.05) is 58.6 Å². The maximum Gasteiger partial charge on any atom is 0.329 e. The van der Waals surface area contributed by atoms with Crippen LogP contribution in [0.3, 0.4) is 0 Å². The lowest BCUT2D eigenvalue weighted by Gasteiger charge is -2.36. The highest BCUT2D eigenvalue weighted by Gasteiger charge is 2.32. The van der Waals surface area contributed by atoms with Crippen LogP contribution < -0.4 is 4.90 Å². The number of esters is 1. The lowest BCUT2D eigenvalue weighted by atomic mass is 9.91. The first-order valence-electron chi connectivity index (χ1n) is 11.6. The molecule has 6 nitrogen and oxygen atoms in total. The summed E-state index contributed by atoms with van der Waals surface area (Å²) < 4.78 is 5.48. The lowest BCUT2D eigenvalue weighted by Crippen LogP contribution is -2.40. The van der Waals surface area contributed by atoms with Crippen LogP contribution in [0.1, 0.15) is 70.9 Å². The SMILES string of the molecule is CCCCCCCOC(=O)[C@H](C#N)c1nc2ccccc2nc1N1C[C@H](C)C[C@@H](C)C1. The van der Waals surface area contributed by atoms with Crippen molar-refractivity contribution in [3.8, 4) is 6.07 Å². The van der Waals surface area contributed by atoms with Gasteiger partial charge in [-0.05, 0) is 36.8 Å². The van der Waals surface area contributed by atoms with Crippen LogP contribution in [0.5, 0.6) is 0 Å². The summed E-state index contributed by atoms with van der Waals surface area (Å²) in [4.78, 5) is 24.6. The van der Waals surface area contributed by atoms with Crippen LogP contribution in [0.15, 0.2) is 24.3 Å². The molecule has 1 aromatic heterocycles. The van der Waals surface area contributed by atoms with Crippen molar-refractivity contribution in [2.75, 3.05) is 24.6 Å².